The number of hydrogen-bond donors (Lipinski definition) is 19. The minimum atomic E-state index is -1.85. The minimum Gasteiger partial charge on any atom is -0.508 e. The van der Waals surface area contributed by atoms with Gasteiger partial charge in [0.1, 0.15) is 66.2 Å². The number of rotatable bonds is 40. The number of amides is 13. The number of phenols is 1. The Labute approximate surface area is 625 Å². The van der Waals surface area contributed by atoms with Crippen LogP contribution in [-0.4, -0.2) is 193 Å². The van der Waals surface area contributed by atoms with E-state index < -0.39 is 168 Å². The smallest absolute Gasteiger partial charge is 0.305 e. The van der Waals surface area contributed by atoms with Crippen LogP contribution in [0.2, 0.25) is 0 Å². The highest BCUT2D eigenvalue weighted by Crippen LogP contribution is 2.23. The van der Waals surface area contributed by atoms with Crippen molar-refractivity contribution in [2.75, 3.05) is 24.6 Å². The van der Waals surface area contributed by atoms with Gasteiger partial charge in [-0.1, -0.05) is 117 Å². The average molecular weight is 1510 g/mol. The second-order valence-electron chi connectivity index (χ2n) is 25.6. The molecule has 13 amide bonds. The van der Waals surface area contributed by atoms with E-state index in [4.69, 9.17) is 5.73 Å². The van der Waals surface area contributed by atoms with Gasteiger partial charge in [0.2, 0.25) is 76.8 Å². The standard InChI is InChI=1S/C73H88N16O16S2/c1-39(2)63(89-70(102)55(30-46-33-77-51-20-11-10-19-50(46)51)86-69(101)57(32-62(94)95)83-64(96)40(3)80-71(103)58(36-106)81-41(4)90)73(105)88-59(37-107)72(104)84-53(28-43-21-23-48(91)24-22-43)67(99)85-54(29-45-17-12-16-44-15-8-9-18-49(44)45)68(100)87-56(31-47-34-75-38-79-47)65(97)76-26-25-61(93)82-52(66(98)78-35-60(74)92)27-42-13-6-5-7-14-42/h5-24,33-34,38-40,52-59,63,77,91,106-107H,25-32,35-37H2,1-4H3,(H2,74,92)(H,75,79)(H,76,97)(H,78,98)(H,80,103)(H,81,90)(H,82,93)(H,83,96)(H,84,104)(H,85,99)(H,86,101)(H,87,100)(H,88,105)(H,89,102)(H,94,95)/t40-,52-,53-,54-,55-,56-,57-,58-,59-,63-/m0/s1. The van der Waals surface area contributed by atoms with Gasteiger partial charge in [-0.25, -0.2) is 4.98 Å². The number of imidazole rings is 1. The van der Waals surface area contributed by atoms with Crippen LogP contribution >= 0.6 is 25.3 Å². The third-order valence-corrected chi connectivity index (χ3v) is 17.7. The number of hydrogen-bond acceptors (Lipinski definition) is 18. The van der Waals surface area contributed by atoms with Crippen LogP contribution in [0.5, 0.6) is 5.75 Å². The molecule has 0 fully saturated rings. The van der Waals surface area contributed by atoms with Crippen LogP contribution in [-0.2, 0) is 99.2 Å². The second kappa shape index (κ2) is 40.5. The van der Waals surface area contributed by atoms with Gasteiger partial charge in [0, 0.05) is 92.5 Å². The molecule has 18 N–H and O–H groups in total. The van der Waals surface area contributed by atoms with Gasteiger partial charge in [-0.2, -0.15) is 25.3 Å². The fourth-order valence-corrected chi connectivity index (χ4v) is 11.9. The number of para-hydroxylation sites is 1. The number of nitrogens with two attached hydrogens (primary N) is 1. The van der Waals surface area contributed by atoms with Gasteiger partial charge < -0.3 is 89.7 Å². The molecule has 2 heterocycles. The van der Waals surface area contributed by atoms with Crippen LogP contribution in [0.1, 0.15) is 68.5 Å². The van der Waals surface area contributed by atoms with Crippen molar-refractivity contribution in [3.63, 3.8) is 0 Å². The highest BCUT2D eigenvalue weighted by molar-refractivity contribution is 7.80. The van der Waals surface area contributed by atoms with Crippen molar-refractivity contribution in [3.05, 3.63) is 168 Å². The molecule has 568 valence electrons. The predicted molar refractivity (Wildman–Crippen MR) is 399 cm³/mol. The second-order valence-corrected chi connectivity index (χ2v) is 26.4. The number of carbonyl (C=O) groups is 14. The first-order valence-electron chi connectivity index (χ1n) is 34.2. The van der Waals surface area contributed by atoms with Gasteiger partial charge >= 0.3 is 5.97 Å². The number of fused-ring (bicyclic) bond motifs is 2. The number of aromatic amines is 2. The molecule has 32 nitrogen and oxygen atoms in total. The monoisotopic (exact) mass is 1510 g/mol. The van der Waals surface area contributed by atoms with Gasteiger partial charge in [0.25, 0.3) is 0 Å². The quantitative estimate of drug-likeness (QED) is 0.0210. The molecule has 0 aliphatic heterocycles. The normalized spacial score (nSPS) is 13.9. The fourth-order valence-electron chi connectivity index (χ4n) is 11.4. The number of nitrogens with one attached hydrogen (secondary N) is 14. The lowest BCUT2D eigenvalue weighted by Gasteiger charge is -2.29. The largest absolute Gasteiger partial charge is 0.508 e. The maximum atomic E-state index is 15.1. The summed E-state index contributed by atoms with van der Waals surface area (Å²) in [6.45, 7) is 4.79. The maximum absolute atomic E-state index is 15.1. The van der Waals surface area contributed by atoms with Crippen LogP contribution in [0.15, 0.2) is 140 Å². The molecule has 107 heavy (non-hydrogen) atoms. The lowest BCUT2D eigenvalue weighted by Crippen LogP contribution is -2.62. The first-order chi connectivity index (χ1) is 51.1. The number of benzene rings is 5. The first-order valence-corrected chi connectivity index (χ1v) is 35.4. The van der Waals surface area contributed by atoms with E-state index in [9.17, 15) is 67.7 Å². The van der Waals surface area contributed by atoms with E-state index in [0.29, 0.717) is 44.2 Å². The number of nitrogens with zero attached hydrogens (tertiary/aromatic N) is 1. The summed E-state index contributed by atoms with van der Waals surface area (Å²) in [6, 6.07) is 19.4. The summed E-state index contributed by atoms with van der Waals surface area (Å²) in [4.78, 5) is 201. The average Bonchev–Trinajstić information content (AvgIpc) is 1.78. The molecule has 2 aromatic heterocycles. The zero-order valence-electron chi connectivity index (χ0n) is 58.9. The number of phenolic OH excluding ortho intramolecular Hbond substituents is 1. The fraction of sp³-hybridized carbons (Fsp3) is 0.356. The van der Waals surface area contributed by atoms with Gasteiger partial charge in [0.05, 0.1) is 19.3 Å². The van der Waals surface area contributed by atoms with Crippen molar-refractivity contribution < 1.29 is 77.3 Å². The lowest BCUT2D eigenvalue weighted by molar-refractivity contribution is -0.141. The van der Waals surface area contributed by atoms with Gasteiger partial charge in [-0.05, 0) is 64.1 Å². The molecule has 7 aromatic rings. The number of aromatic hydroxyl groups is 1. The Morgan fingerprint density at radius 3 is 1.59 bits per heavy atom. The summed E-state index contributed by atoms with van der Waals surface area (Å²) >= 11 is 8.49. The molecule has 5 aromatic carbocycles. The summed E-state index contributed by atoms with van der Waals surface area (Å²) < 4.78 is 0. The van der Waals surface area contributed by atoms with Crippen molar-refractivity contribution in [2.24, 2.45) is 11.7 Å². The molecule has 0 aliphatic carbocycles. The Kier molecular flexibility index (Phi) is 31.2. The Bertz CT molecular complexity index is 4310. The van der Waals surface area contributed by atoms with Crippen molar-refractivity contribution in [1.82, 2.24) is 78.8 Å². The number of primary amides is 1. The zero-order chi connectivity index (χ0) is 77.9. The van der Waals surface area contributed by atoms with Crippen LogP contribution in [0.4, 0.5) is 0 Å². The van der Waals surface area contributed by atoms with E-state index in [2.05, 4.69) is 104 Å². The molecule has 0 bridgehead atoms. The molecule has 7 rings (SSSR count). The summed E-state index contributed by atoms with van der Waals surface area (Å²) in [5, 5.41) is 53.1. The Morgan fingerprint density at radius 2 is 0.981 bits per heavy atom. The number of aromatic nitrogens is 3. The summed E-state index contributed by atoms with van der Waals surface area (Å²) in [7, 11) is 0. The number of H-pyrrole nitrogens is 2. The first kappa shape index (κ1) is 82.5. The molecule has 0 saturated carbocycles. The van der Waals surface area contributed by atoms with Crippen LogP contribution < -0.4 is 69.5 Å². The molecule has 0 spiro atoms. The van der Waals surface area contributed by atoms with Crippen molar-refractivity contribution >= 4 is 130 Å². The highest BCUT2D eigenvalue weighted by Gasteiger charge is 2.37. The van der Waals surface area contributed by atoms with E-state index in [0.717, 1.165) is 5.39 Å². The topological polar surface area (TPSA) is 494 Å². The lowest BCUT2D eigenvalue weighted by atomic mass is 9.97. The molecule has 0 saturated heterocycles. The number of carboxylic acid groups (broad SMARTS) is 1. The molecule has 34 heteroatoms. The van der Waals surface area contributed by atoms with Crippen molar-refractivity contribution in [1.29, 1.82) is 0 Å². The summed E-state index contributed by atoms with van der Waals surface area (Å²) in [5.41, 5.74) is 8.47. The van der Waals surface area contributed by atoms with E-state index in [-0.39, 0.29) is 56.6 Å². The van der Waals surface area contributed by atoms with E-state index in [1.54, 1.807) is 92.8 Å². The minimum absolute atomic E-state index is 0.0484. The number of carbonyl (C=O) groups excluding carboxylic acids is 13. The number of thiol groups is 2. The third kappa shape index (κ3) is 25.5. The van der Waals surface area contributed by atoms with Crippen molar-refractivity contribution in [2.45, 2.75) is 133 Å². The molecule has 10 atom stereocenters. The highest BCUT2D eigenvalue weighted by atomic mass is 32.1. The predicted octanol–water partition coefficient (Wildman–Crippen LogP) is -0.751. The SMILES string of the molecule is CC(=O)N[C@@H](CS)C(=O)N[C@@H](C)C(=O)N[C@@H](CC(=O)O)C(=O)N[C@@H](Cc1c[nH]c2ccccc12)C(=O)N[C@H](C(=O)N[C@@H](CS)C(=O)N[C@@H](Cc1ccc(O)cc1)C(=O)N[C@@H](Cc1cccc2ccccc12)C(=O)N[C@@H](Cc1cnc[nH]1)C(=O)NCCC(=O)N[C@@H](Cc1ccccc1)C(=O)NCC(N)=O)C(C)C. The van der Waals surface area contributed by atoms with Crippen molar-refractivity contribution in [3.8, 4) is 5.75 Å². The molecule has 0 aliphatic rings. The Morgan fingerprint density at radius 1 is 0.477 bits per heavy atom. The molecule has 0 radical (unpaired) electrons. The Hall–Kier alpha value is -11.8. The molecular weight excluding hydrogens is 1420 g/mol. The van der Waals surface area contributed by atoms with E-state index >= 15 is 9.59 Å². The van der Waals surface area contributed by atoms with Crippen LogP contribution in [0.3, 0.4) is 0 Å². The number of aliphatic carboxylic acids is 1. The summed E-state index contributed by atoms with van der Waals surface area (Å²) in [6.07, 6.45) is 2.14. The van der Waals surface area contributed by atoms with Gasteiger partial charge in [-0.15, -0.1) is 0 Å². The third-order valence-electron chi connectivity index (χ3n) is 17.0. The van der Waals surface area contributed by atoms with Crippen LogP contribution in [0.25, 0.3) is 21.7 Å². The van der Waals surface area contributed by atoms with Gasteiger partial charge in [0.15, 0.2) is 0 Å². The maximum Gasteiger partial charge on any atom is 0.305 e. The van der Waals surface area contributed by atoms with E-state index in [1.807, 2.05) is 24.3 Å². The zero-order valence-corrected chi connectivity index (χ0v) is 60.7. The molecular formula is C73H88N16O16S2. The van der Waals surface area contributed by atoms with Gasteiger partial charge in [-0.3, -0.25) is 67.1 Å². The number of carboxylic acids is 1. The van der Waals surface area contributed by atoms with Crippen LogP contribution in [0, 0.1) is 5.92 Å². The summed E-state index contributed by atoms with van der Waals surface area (Å²) in [5.74, 6) is -14.1. The Balaban J connectivity index is 1.11. The van der Waals surface area contributed by atoms with E-state index in [1.165, 1.54) is 50.6 Å². The molecule has 0 unspecified atom stereocenters.